The zero-order valence-corrected chi connectivity index (χ0v) is 19.0. The van der Waals surface area contributed by atoms with E-state index in [-0.39, 0.29) is 23.8 Å². The van der Waals surface area contributed by atoms with Gasteiger partial charge in [0.15, 0.2) is 0 Å². The third kappa shape index (κ3) is 6.90. The Balaban J connectivity index is 2.28. The first-order valence-corrected chi connectivity index (χ1v) is 10.4. The van der Waals surface area contributed by atoms with Crippen LogP contribution in [-0.2, 0) is 22.6 Å². The Labute approximate surface area is 180 Å². The van der Waals surface area contributed by atoms with Gasteiger partial charge in [0.25, 0.3) is 0 Å². The van der Waals surface area contributed by atoms with Gasteiger partial charge < -0.3 is 15.0 Å². The highest BCUT2D eigenvalue weighted by Crippen LogP contribution is 2.18. The molecule has 1 atom stereocenters. The van der Waals surface area contributed by atoms with Crippen LogP contribution in [0.3, 0.4) is 0 Å². The second-order valence-electron chi connectivity index (χ2n) is 8.70. The quantitative estimate of drug-likeness (QED) is 0.707. The van der Waals surface area contributed by atoms with Gasteiger partial charge in [-0.25, -0.2) is 0 Å². The summed E-state index contributed by atoms with van der Waals surface area (Å²) in [7, 11) is 1.61. The highest BCUT2D eigenvalue weighted by molar-refractivity contribution is 5.88. The summed E-state index contributed by atoms with van der Waals surface area (Å²) >= 11 is 0. The van der Waals surface area contributed by atoms with Gasteiger partial charge in [-0.05, 0) is 57.4 Å². The molecule has 5 nitrogen and oxygen atoms in total. The third-order valence-electron chi connectivity index (χ3n) is 4.87. The average Bonchev–Trinajstić information content (AvgIpc) is 2.68. The van der Waals surface area contributed by atoms with E-state index in [0.717, 1.165) is 22.4 Å². The van der Waals surface area contributed by atoms with Crippen LogP contribution in [0.2, 0.25) is 0 Å². The number of benzene rings is 2. The molecule has 0 saturated carbocycles. The average molecular weight is 411 g/mol. The predicted octanol–water partition coefficient (Wildman–Crippen LogP) is 4.27. The van der Waals surface area contributed by atoms with Crippen molar-refractivity contribution in [2.24, 2.45) is 0 Å². The normalized spacial score (nSPS) is 12.2. The van der Waals surface area contributed by atoms with Gasteiger partial charge in [0, 0.05) is 12.1 Å². The summed E-state index contributed by atoms with van der Waals surface area (Å²) < 4.78 is 5.20. The van der Waals surface area contributed by atoms with Crippen LogP contribution in [0.4, 0.5) is 0 Å². The fraction of sp³-hybridized carbons (Fsp3) is 0.440. The first kappa shape index (κ1) is 23.5. The number of aryl methyl sites for hydroxylation is 1. The number of amides is 2. The molecule has 0 saturated heterocycles. The number of nitrogens with one attached hydrogen (secondary N) is 1. The van der Waals surface area contributed by atoms with Crippen molar-refractivity contribution in [3.05, 3.63) is 65.2 Å². The van der Waals surface area contributed by atoms with Crippen molar-refractivity contribution >= 4 is 11.8 Å². The molecular weight excluding hydrogens is 376 g/mol. The zero-order valence-electron chi connectivity index (χ0n) is 19.0. The largest absolute Gasteiger partial charge is 0.497 e. The topological polar surface area (TPSA) is 58.6 Å². The molecule has 2 aromatic carbocycles. The lowest BCUT2D eigenvalue weighted by atomic mass is 10.0. The van der Waals surface area contributed by atoms with Crippen molar-refractivity contribution in [2.75, 3.05) is 7.11 Å². The van der Waals surface area contributed by atoms with Crippen LogP contribution in [-0.4, -0.2) is 35.4 Å². The van der Waals surface area contributed by atoms with Crippen LogP contribution in [0.15, 0.2) is 48.5 Å². The summed E-state index contributed by atoms with van der Waals surface area (Å²) in [5.41, 5.74) is 2.69. The van der Waals surface area contributed by atoms with Crippen LogP contribution < -0.4 is 10.1 Å². The van der Waals surface area contributed by atoms with Crippen molar-refractivity contribution in [3.8, 4) is 5.75 Å². The standard InChI is InChI=1S/C25H34N2O3/c1-7-22(24(29)26-25(3,4)5)27(17-20-10-8-18(2)9-11-20)23(28)16-19-12-14-21(30-6)15-13-19/h8-15,22H,7,16-17H2,1-6H3,(H,26,29)/t22-/m1/s1. The number of methoxy groups -OCH3 is 1. The molecule has 0 radical (unpaired) electrons. The summed E-state index contributed by atoms with van der Waals surface area (Å²) in [4.78, 5) is 28.0. The van der Waals surface area contributed by atoms with E-state index in [0.29, 0.717) is 13.0 Å². The zero-order chi connectivity index (χ0) is 22.3. The van der Waals surface area contributed by atoms with Gasteiger partial charge in [0.05, 0.1) is 13.5 Å². The summed E-state index contributed by atoms with van der Waals surface area (Å²) in [6.45, 7) is 10.2. The lowest BCUT2D eigenvalue weighted by molar-refractivity contribution is -0.141. The van der Waals surface area contributed by atoms with Crippen molar-refractivity contribution in [3.63, 3.8) is 0 Å². The van der Waals surface area contributed by atoms with Gasteiger partial charge >= 0.3 is 0 Å². The highest BCUT2D eigenvalue weighted by atomic mass is 16.5. The maximum absolute atomic E-state index is 13.3. The summed E-state index contributed by atoms with van der Waals surface area (Å²) in [5.74, 6) is 0.551. The van der Waals surface area contributed by atoms with Gasteiger partial charge in [-0.1, -0.05) is 48.9 Å². The molecule has 0 heterocycles. The Bertz CT molecular complexity index is 836. The Morgan fingerprint density at radius 2 is 1.57 bits per heavy atom. The lowest BCUT2D eigenvalue weighted by Gasteiger charge is -2.33. The van der Waals surface area contributed by atoms with E-state index in [9.17, 15) is 9.59 Å². The van der Waals surface area contributed by atoms with E-state index in [1.807, 2.05) is 83.1 Å². The molecular formula is C25H34N2O3. The second-order valence-corrected chi connectivity index (χ2v) is 8.70. The Kier molecular flexibility index (Phi) is 8.04. The van der Waals surface area contributed by atoms with Crippen molar-refractivity contribution < 1.29 is 14.3 Å². The van der Waals surface area contributed by atoms with Crippen molar-refractivity contribution in [1.29, 1.82) is 0 Å². The number of hydrogen-bond acceptors (Lipinski definition) is 3. The molecule has 5 heteroatoms. The van der Waals surface area contributed by atoms with E-state index in [1.165, 1.54) is 0 Å². The number of carbonyl (C=O) groups excluding carboxylic acids is 2. The third-order valence-corrected chi connectivity index (χ3v) is 4.87. The minimum atomic E-state index is -0.531. The molecule has 0 spiro atoms. The smallest absolute Gasteiger partial charge is 0.243 e. The van der Waals surface area contributed by atoms with E-state index in [1.54, 1.807) is 12.0 Å². The molecule has 0 bridgehead atoms. The van der Waals surface area contributed by atoms with Gasteiger partial charge in [0.2, 0.25) is 11.8 Å². The lowest BCUT2D eigenvalue weighted by Crippen LogP contribution is -2.53. The maximum Gasteiger partial charge on any atom is 0.243 e. The first-order valence-electron chi connectivity index (χ1n) is 10.4. The van der Waals surface area contributed by atoms with Crippen molar-refractivity contribution in [2.45, 2.75) is 65.6 Å². The SMILES string of the molecule is CC[C@H](C(=O)NC(C)(C)C)N(Cc1ccc(C)cc1)C(=O)Cc1ccc(OC)cc1. The maximum atomic E-state index is 13.3. The Morgan fingerprint density at radius 3 is 2.07 bits per heavy atom. The Morgan fingerprint density at radius 1 is 1.00 bits per heavy atom. The Hall–Kier alpha value is -2.82. The predicted molar refractivity (Wildman–Crippen MR) is 120 cm³/mol. The molecule has 2 amide bonds. The van der Waals surface area contributed by atoms with E-state index in [2.05, 4.69) is 5.32 Å². The summed E-state index contributed by atoms with van der Waals surface area (Å²) in [5, 5.41) is 3.03. The van der Waals surface area contributed by atoms with E-state index < -0.39 is 6.04 Å². The molecule has 2 rings (SSSR count). The van der Waals surface area contributed by atoms with Crippen LogP contribution >= 0.6 is 0 Å². The van der Waals surface area contributed by atoms with Gasteiger partial charge in [-0.2, -0.15) is 0 Å². The molecule has 0 aliphatic rings. The number of hydrogen-bond donors (Lipinski definition) is 1. The molecule has 0 aliphatic carbocycles. The molecule has 162 valence electrons. The molecule has 0 unspecified atom stereocenters. The number of nitrogens with zero attached hydrogens (tertiary/aromatic N) is 1. The van der Waals surface area contributed by atoms with Gasteiger partial charge in [-0.3, -0.25) is 9.59 Å². The first-order chi connectivity index (χ1) is 14.1. The van der Waals surface area contributed by atoms with E-state index in [4.69, 9.17) is 4.74 Å². The van der Waals surface area contributed by atoms with Crippen molar-refractivity contribution in [1.82, 2.24) is 10.2 Å². The number of ether oxygens (including phenoxy) is 1. The van der Waals surface area contributed by atoms with Crippen LogP contribution in [0.1, 0.15) is 50.8 Å². The summed E-state index contributed by atoms with van der Waals surface area (Å²) in [6, 6.07) is 15.0. The van der Waals surface area contributed by atoms with Crippen LogP contribution in [0.25, 0.3) is 0 Å². The highest BCUT2D eigenvalue weighted by Gasteiger charge is 2.30. The fourth-order valence-corrected chi connectivity index (χ4v) is 3.28. The molecule has 1 N–H and O–H groups in total. The molecule has 0 aliphatic heterocycles. The second kappa shape index (κ2) is 10.3. The monoisotopic (exact) mass is 410 g/mol. The van der Waals surface area contributed by atoms with Gasteiger partial charge in [0.1, 0.15) is 11.8 Å². The molecule has 30 heavy (non-hydrogen) atoms. The van der Waals surface area contributed by atoms with Gasteiger partial charge in [-0.15, -0.1) is 0 Å². The number of rotatable bonds is 8. The fourth-order valence-electron chi connectivity index (χ4n) is 3.28. The van der Waals surface area contributed by atoms with Crippen LogP contribution in [0.5, 0.6) is 5.75 Å². The molecule has 2 aromatic rings. The minimum absolute atomic E-state index is 0.0725. The molecule has 0 fully saturated rings. The van der Waals surface area contributed by atoms with Crippen LogP contribution in [0, 0.1) is 6.92 Å². The van der Waals surface area contributed by atoms with E-state index >= 15 is 0 Å². The number of carbonyl (C=O) groups is 2. The summed E-state index contributed by atoms with van der Waals surface area (Å²) in [6.07, 6.45) is 0.775. The molecule has 0 aromatic heterocycles. The minimum Gasteiger partial charge on any atom is -0.497 e.